The van der Waals surface area contributed by atoms with Gasteiger partial charge in [-0.15, -0.1) is 13.2 Å². The smallest absolute Gasteiger partial charge is 0.406 e. The SMILES string of the molecule is Cc1ccn(-c2cc(NCCNS(=O)(=O)c3ccc(OC(F)(F)F)cc3)ncn2)n1. The lowest BCUT2D eigenvalue weighted by Crippen LogP contribution is -2.29. The molecule has 0 atom stereocenters. The molecule has 0 amide bonds. The summed E-state index contributed by atoms with van der Waals surface area (Å²) in [6, 6.07) is 7.39. The first-order chi connectivity index (χ1) is 14.1. The molecule has 13 heteroatoms. The lowest BCUT2D eigenvalue weighted by molar-refractivity contribution is -0.274. The zero-order valence-electron chi connectivity index (χ0n) is 15.6. The molecule has 0 unspecified atom stereocenters. The molecule has 3 rings (SSSR count). The molecule has 30 heavy (non-hydrogen) atoms. The van der Waals surface area contributed by atoms with Crippen LogP contribution in [0.4, 0.5) is 19.0 Å². The maximum absolute atomic E-state index is 12.2. The monoisotopic (exact) mass is 442 g/mol. The molecule has 2 aromatic heterocycles. The van der Waals surface area contributed by atoms with Gasteiger partial charge >= 0.3 is 6.36 Å². The Balaban J connectivity index is 1.53. The van der Waals surface area contributed by atoms with Crippen LogP contribution in [-0.2, 0) is 10.0 Å². The number of halogens is 3. The summed E-state index contributed by atoms with van der Waals surface area (Å²) in [5, 5.41) is 7.20. The molecule has 0 aliphatic rings. The van der Waals surface area contributed by atoms with Crippen LogP contribution >= 0.6 is 0 Å². The van der Waals surface area contributed by atoms with Gasteiger partial charge in [-0.1, -0.05) is 0 Å². The summed E-state index contributed by atoms with van der Waals surface area (Å²) >= 11 is 0. The lowest BCUT2D eigenvalue weighted by Gasteiger charge is -2.11. The second-order valence-corrected chi connectivity index (χ2v) is 7.77. The van der Waals surface area contributed by atoms with Crippen molar-refractivity contribution >= 4 is 15.8 Å². The van der Waals surface area contributed by atoms with Crippen molar-refractivity contribution < 1.29 is 26.3 Å². The van der Waals surface area contributed by atoms with E-state index in [1.807, 2.05) is 13.0 Å². The van der Waals surface area contributed by atoms with Gasteiger partial charge in [0, 0.05) is 25.4 Å². The van der Waals surface area contributed by atoms with E-state index in [4.69, 9.17) is 0 Å². The number of nitrogens with one attached hydrogen (secondary N) is 2. The molecule has 3 aromatic rings. The Labute approximate surface area is 170 Å². The Hall–Kier alpha value is -3.19. The number of rotatable bonds is 8. The van der Waals surface area contributed by atoms with Crippen molar-refractivity contribution in [3.8, 4) is 11.6 Å². The molecule has 1 aromatic carbocycles. The summed E-state index contributed by atoms with van der Waals surface area (Å²) in [6.07, 6.45) is -1.74. The predicted molar refractivity (Wildman–Crippen MR) is 101 cm³/mol. The van der Waals surface area contributed by atoms with Gasteiger partial charge in [-0.2, -0.15) is 5.10 Å². The minimum Gasteiger partial charge on any atom is -0.406 e. The van der Waals surface area contributed by atoms with Crippen molar-refractivity contribution in [2.45, 2.75) is 18.2 Å². The van der Waals surface area contributed by atoms with Crippen molar-refractivity contribution in [2.75, 3.05) is 18.4 Å². The second-order valence-electron chi connectivity index (χ2n) is 6.01. The third-order valence-electron chi connectivity index (χ3n) is 3.70. The molecule has 0 spiro atoms. The molecule has 0 saturated carbocycles. The zero-order chi connectivity index (χ0) is 21.8. The van der Waals surface area contributed by atoms with E-state index in [1.54, 1.807) is 16.9 Å². The molecule has 160 valence electrons. The molecule has 9 nitrogen and oxygen atoms in total. The number of alkyl halides is 3. The van der Waals surface area contributed by atoms with Crippen LogP contribution < -0.4 is 14.8 Å². The van der Waals surface area contributed by atoms with Gasteiger partial charge in [0.2, 0.25) is 10.0 Å². The Morgan fingerprint density at radius 3 is 2.47 bits per heavy atom. The minimum absolute atomic E-state index is 0.0172. The zero-order valence-corrected chi connectivity index (χ0v) is 16.4. The highest BCUT2D eigenvalue weighted by atomic mass is 32.2. The van der Waals surface area contributed by atoms with Crippen LogP contribution in [0.1, 0.15) is 5.69 Å². The number of nitrogens with zero attached hydrogens (tertiary/aromatic N) is 4. The van der Waals surface area contributed by atoms with Crippen molar-refractivity contribution in [1.29, 1.82) is 0 Å². The van der Waals surface area contributed by atoms with E-state index in [2.05, 4.69) is 29.8 Å². The van der Waals surface area contributed by atoms with Crippen LogP contribution in [0.2, 0.25) is 0 Å². The average molecular weight is 442 g/mol. The van der Waals surface area contributed by atoms with Gasteiger partial charge in [-0.25, -0.2) is 27.8 Å². The number of benzene rings is 1. The fourth-order valence-electron chi connectivity index (χ4n) is 2.39. The summed E-state index contributed by atoms with van der Waals surface area (Å²) in [4.78, 5) is 7.99. The summed E-state index contributed by atoms with van der Waals surface area (Å²) in [5.41, 5.74) is 0.829. The molecule has 0 bridgehead atoms. The molecular formula is C17H17F3N6O3S. The first kappa shape index (κ1) is 21.5. The highest BCUT2D eigenvalue weighted by Gasteiger charge is 2.31. The molecule has 0 aliphatic carbocycles. The largest absolute Gasteiger partial charge is 0.573 e. The third kappa shape index (κ3) is 5.90. The van der Waals surface area contributed by atoms with E-state index in [0.717, 1.165) is 30.0 Å². The van der Waals surface area contributed by atoms with Crippen molar-refractivity contribution in [1.82, 2.24) is 24.5 Å². The quantitative estimate of drug-likeness (QED) is 0.515. The molecule has 0 fully saturated rings. The summed E-state index contributed by atoms with van der Waals surface area (Å²) in [6.45, 7) is 2.08. The van der Waals surface area contributed by atoms with Crippen molar-refractivity contribution in [2.24, 2.45) is 0 Å². The van der Waals surface area contributed by atoms with Crippen molar-refractivity contribution in [3.63, 3.8) is 0 Å². The first-order valence-corrected chi connectivity index (χ1v) is 10.0. The number of aromatic nitrogens is 4. The molecule has 0 radical (unpaired) electrons. The van der Waals surface area contributed by atoms with Crippen LogP contribution in [0.25, 0.3) is 5.82 Å². The third-order valence-corrected chi connectivity index (χ3v) is 5.18. The summed E-state index contributed by atoms with van der Waals surface area (Å²) in [5.74, 6) is 0.512. The van der Waals surface area contributed by atoms with Crippen LogP contribution in [0.15, 0.2) is 53.8 Å². The Morgan fingerprint density at radius 1 is 1.10 bits per heavy atom. The second kappa shape index (κ2) is 8.67. The number of hydrogen-bond donors (Lipinski definition) is 2. The highest BCUT2D eigenvalue weighted by molar-refractivity contribution is 7.89. The van der Waals surface area contributed by atoms with E-state index >= 15 is 0 Å². The van der Waals surface area contributed by atoms with E-state index < -0.39 is 22.1 Å². The number of aryl methyl sites for hydroxylation is 1. The molecule has 2 heterocycles. The van der Waals surface area contributed by atoms with E-state index in [-0.39, 0.29) is 18.0 Å². The minimum atomic E-state index is -4.85. The van der Waals surface area contributed by atoms with Crippen LogP contribution in [-0.4, -0.2) is 47.6 Å². The topological polar surface area (TPSA) is 111 Å². The number of ether oxygens (including phenoxy) is 1. The van der Waals surface area contributed by atoms with E-state index in [9.17, 15) is 21.6 Å². The van der Waals surface area contributed by atoms with Gasteiger partial charge in [-0.3, -0.25) is 0 Å². The normalized spacial score (nSPS) is 12.0. The van der Waals surface area contributed by atoms with Crippen LogP contribution in [0.5, 0.6) is 5.75 Å². The average Bonchev–Trinajstić information content (AvgIpc) is 3.11. The van der Waals surface area contributed by atoms with Gasteiger partial charge in [-0.05, 0) is 37.3 Å². The van der Waals surface area contributed by atoms with Gasteiger partial charge in [0.25, 0.3) is 0 Å². The fourth-order valence-corrected chi connectivity index (χ4v) is 3.42. The first-order valence-electron chi connectivity index (χ1n) is 8.56. The molecular weight excluding hydrogens is 425 g/mol. The van der Waals surface area contributed by atoms with E-state index in [1.165, 1.54) is 6.33 Å². The van der Waals surface area contributed by atoms with Crippen LogP contribution in [0, 0.1) is 6.92 Å². The highest BCUT2D eigenvalue weighted by Crippen LogP contribution is 2.23. The molecule has 2 N–H and O–H groups in total. The Kier molecular flexibility index (Phi) is 6.22. The number of anilines is 1. The summed E-state index contributed by atoms with van der Waals surface area (Å²) < 4.78 is 68.6. The lowest BCUT2D eigenvalue weighted by atomic mass is 10.3. The Bertz CT molecular complexity index is 1100. The summed E-state index contributed by atoms with van der Waals surface area (Å²) in [7, 11) is -3.90. The maximum atomic E-state index is 12.2. The van der Waals surface area contributed by atoms with Gasteiger partial charge in [0.05, 0.1) is 10.6 Å². The van der Waals surface area contributed by atoms with Crippen molar-refractivity contribution in [3.05, 3.63) is 54.6 Å². The number of sulfonamides is 1. The van der Waals surface area contributed by atoms with Gasteiger partial charge < -0.3 is 10.1 Å². The molecule has 0 saturated heterocycles. The molecule has 0 aliphatic heterocycles. The number of hydrogen-bond acceptors (Lipinski definition) is 7. The Morgan fingerprint density at radius 2 is 1.83 bits per heavy atom. The van der Waals surface area contributed by atoms with Gasteiger partial charge in [0.1, 0.15) is 17.9 Å². The van der Waals surface area contributed by atoms with Gasteiger partial charge in [0.15, 0.2) is 5.82 Å². The van der Waals surface area contributed by atoms with E-state index in [0.29, 0.717) is 11.6 Å². The standard InChI is InChI=1S/C17H17F3N6O3S/c1-12-6-9-26(25-12)16-10-15(22-11-23-16)21-7-8-24-30(27,28)14-4-2-13(3-5-14)29-17(18,19)20/h2-6,9-11,24H,7-8H2,1H3,(H,21,22,23). The van der Waals surface area contributed by atoms with Crippen LogP contribution in [0.3, 0.4) is 0 Å². The fraction of sp³-hybridized carbons (Fsp3) is 0.235. The predicted octanol–water partition coefficient (Wildman–Crippen LogP) is 2.26. The maximum Gasteiger partial charge on any atom is 0.573 e.